The molecule has 1 aliphatic rings. The van der Waals surface area contributed by atoms with Crippen molar-refractivity contribution in [1.29, 1.82) is 0 Å². The van der Waals surface area contributed by atoms with Gasteiger partial charge in [-0.15, -0.1) is 0 Å². The van der Waals surface area contributed by atoms with Gasteiger partial charge in [0.1, 0.15) is 0 Å². The summed E-state index contributed by atoms with van der Waals surface area (Å²) in [6.07, 6.45) is 4.57. The molecule has 1 aliphatic carbocycles. The maximum atomic E-state index is 2.29. The first-order chi connectivity index (χ1) is 4.86. The third-order valence-corrected chi connectivity index (χ3v) is 1.88. The van der Waals surface area contributed by atoms with E-state index in [1.807, 2.05) is 0 Å². The van der Waals surface area contributed by atoms with E-state index in [1.54, 1.807) is 0 Å². The van der Waals surface area contributed by atoms with Crippen LogP contribution in [-0.4, -0.2) is 0 Å². The van der Waals surface area contributed by atoms with Crippen molar-refractivity contribution in [3.8, 4) is 0 Å². The smallest absolute Gasteiger partial charge is 0.00635 e. The van der Waals surface area contributed by atoms with Crippen molar-refractivity contribution in [1.82, 2.24) is 0 Å². The molecular formula is C10H10. The zero-order valence-corrected chi connectivity index (χ0v) is 6.04. The highest BCUT2D eigenvalue weighted by Gasteiger charge is 1.98. The molecule has 0 bridgehead atoms. The fourth-order valence-electron chi connectivity index (χ4n) is 1.43. The predicted molar refractivity (Wildman–Crippen MR) is 43.8 cm³/mol. The van der Waals surface area contributed by atoms with Gasteiger partial charge in [-0.1, -0.05) is 43.3 Å². The Hall–Kier alpha value is -1.04. The van der Waals surface area contributed by atoms with Crippen LogP contribution >= 0.6 is 0 Å². The second kappa shape index (κ2) is 1.98. The Bertz CT molecular complexity index is 312. The van der Waals surface area contributed by atoms with Gasteiger partial charge < -0.3 is 0 Å². The highest BCUT2D eigenvalue weighted by atomic mass is 14.0. The molecule has 0 N–H and O–H groups in total. The van der Waals surface area contributed by atoms with E-state index in [-0.39, 0.29) is 0 Å². The molecule has 0 nitrogen and oxygen atoms in total. The van der Waals surface area contributed by atoms with Crippen LogP contribution in [0.2, 0.25) is 0 Å². The summed E-state index contributed by atoms with van der Waals surface area (Å²) in [5.74, 6) is 0.623. The second-order valence-electron chi connectivity index (χ2n) is 2.82. The average Bonchev–Trinajstić information content (AvgIpc) is 2.27. The lowest BCUT2D eigenvalue weighted by Gasteiger charge is -1.85. The monoisotopic (exact) mass is 130 g/mol. The van der Waals surface area contributed by atoms with Gasteiger partial charge >= 0.3 is 0 Å². The third kappa shape index (κ3) is 0.766. The lowest BCUT2D eigenvalue weighted by atomic mass is 10.2. The zero-order chi connectivity index (χ0) is 6.97. The molecule has 0 heterocycles. The number of benzene rings is 1. The van der Waals surface area contributed by atoms with Crippen molar-refractivity contribution in [3.05, 3.63) is 34.7 Å². The highest BCUT2D eigenvalue weighted by molar-refractivity contribution is 5.49. The van der Waals surface area contributed by atoms with Gasteiger partial charge in [0.15, 0.2) is 0 Å². The van der Waals surface area contributed by atoms with E-state index in [0.29, 0.717) is 5.92 Å². The van der Waals surface area contributed by atoms with Crippen LogP contribution in [0.4, 0.5) is 0 Å². The summed E-state index contributed by atoms with van der Waals surface area (Å²) in [7, 11) is 0. The number of fused-ring (bicyclic) bond motifs is 1. The van der Waals surface area contributed by atoms with Crippen LogP contribution < -0.4 is 10.4 Å². The molecule has 0 radical (unpaired) electrons. The molecule has 0 aromatic heterocycles. The molecule has 50 valence electrons. The zero-order valence-electron chi connectivity index (χ0n) is 6.04. The Morgan fingerprint density at radius 1 is 1.00 bits per heavy atom. The minimum Gasteiger partial charge on any atom is -0.0700 e. The molecule has 0 saturated carbocycles. The normalized spacial score (nSPS) is 15.7. The lowest BCUT2D eigenvalue weighted by molar-refractivity contribution is 1.07. The van der Waals surface area contributed by atoms with E-state index >= 15 is 0 Å². The van der Waals surface area contributed by atoms with Gasteiger partial charge in [0, 0.05) is 0 Å². The first kappa shape index (κ1) is 5.72. The SMILES string of the molecule is CC1C=c2ccccc2=C1. The molecule has 0 unspecified atom stereocenters. The molecule has 0 spiro atoms. The van der Waals surface area contributed by atoms with Gasteiger partial charge in [0.25, 0.3) is 0 Å². The van der Waals surface area contributed by atoms with Crippen LogP contribution in [-0.2, 0) is 0 Å². The first-order valence-electron chi connectivity index (χ1n) is 3.65. The standard InChI is InChI=1S/C10H10/c1-8-6-9-4-2-3-5-10(9)7-8/h2-8H,1H3. The van der Waals surface area contributed by atoms with Crippen LogP contribution in [0.5, 0.6) is 0 Å². The molecule has 10 heavy (non-hydrogen) atoms. The fourth-order valence-corrected chi connectivity index (χ4v) is 1.43. The van der Waals surface area contributed by atoms with Gasteiger partial charge in [-0.25, -0.2) is 0 Å². The second-order valence-corrected chi connectivity index (χ2v) is 2.82. The summed E-state index contributed by atoms with van der Waals surface area (Å²) in [5.41, 5.74) is 0. The minimum atomic E-state index is 0.623. The third-order valence-electron chi connectivity index (χ3n) is 1.88. The largest absolute Gasteiger partial charge is 0.0700 e. The summed E-state index contributed by atoms with van der Waals surface area (Å²) in [6, 6.07) is 8.49. The van der Waals surface area contributed by atoms with E-state index in [1.165, 1.54) is 10.4 Å². The van der Waals surface area contributed by atoms with Gasteiger partial charge in [-0.3, -0.25) is 0 Å². The van der Waals surface area contributed by atoms with Gasteiger partial charge in [-0.2, -0.15) is 0 Å². The minimum absolute atomic E-state index is 0.623. The lowest BCUT2D eigenvalue weighted by Crippen LogP contribution is -2.19. The molecule has 2 rings (SSSR count). The quantitative estimate of drug-likeness (QED) is 0.489. The van der Waals surface area contributed by atoms with E-state index in [4.69, 9.17) is 0 Å². The molecule has 0 heteroatoms. The topological polar surface area (TPSA) is 0 Å². The molecular weight excluding hydrogens is 120 g/mol. The van der Waals surface area contributed by atoms with Crippen molar-refractivity contribution in [2.24, 2.45) is 5.92 Å². The molecule has 0 amide bonds. The summed E-state index contributed by atoms with van der Waals surface area (Å²) in [4.78, 5) is 0. The van der Waals surface area contributed by atoms with Crippen LogP contribution in [0.1, 0.15) is 6.92 Å². The number of hydrogen-bond acceptors (Lipinski definition) is 0. The number of hydrogen-bond donors (Lipinski definition) is 0. The Balaban J connectivity index is 2.83. The van der Waals surface area contributed by atoms with Crippen molar-refractivity contribution >= 4 is 12.2 Å². The van der Waals surface area contributed by atoms with Gasteiger partial charge in [0.2, 0.25) is 0 Å². The Morgan fingerprint density at radius 2 is 1.50 bits per heavy atom. The van der Waals surface area contributed by atoms with Crippen molar-refractivity contribution in [2.45, 2.75) is 6.92 Å². The summed E-state index contributed by atoms with van der Waals surface area (Å²) < 4.78 is 0. The van der Waals surface area contributed by atoms with Crippen molar-refractivity contribution in [2.75, 3.05) is 0 Å². The van der Waals surface area contributed by atoms with E-state index in [2.05, 4.69) is 43.3 Å². The molecule has 0 fully saturated rings. The van der Waals surface area contributed by atoms with E-state index < -0.39 is 0 Å². The Labute approximate surface area is 60.5 Å². The maximum Gasteiger partial charge on any atom is -0.00635 e. The molecule has 0 atom stereocenters. The molecule has 0 saturated heterocycles. The highest BCUT2D eigenvalue weighted by Crippen LogP contribution is 2.00. The van der Waals surface area contributed by atoms with Crippen LogP contribution in [0.15, 0.2) is 24.3 Å². The molecule has 0 aliphatic heterocycles. The average molecular weight is 130 g/mol. The molecule has 1 aromatic rings. The van der Waals surface area contributed by atoms with Crippen LogP contribution in [0.3, 0.4) is 0 Å². The van der Waals surface area contributed by atoms with Crippen LogP contribution in [0, 0.1) is 5.92 Å². The fraction of sp³-hybridized carbons (Fsp3) is 0.200. The molecule has 1 aromatic carbocycles. The summed E-state index contributed by atoms with van der Waals surface area (Å²) >= 11 is 0. The first-order valence-corrected chi connectivity index (χ1v) is 3.65. The Morgan fingerprint density at radius 3 is 2.00 bits per heavy atom. The van der Waals surface area contributed by atoms with Gasteiger partial charge in [-0.05, 0) is 16.4 Å². The Kier molecular flexibility index (Phi) is 1.13. The van der Waals surface area contributed by atoms with Crippen molar-refractivity contribution in [3.63, 3.8) is 0 Å². The maximum absolute atomic E-state index is 2.29. The van der Waals surface area contributed by atoms with Crippen LogP contribution in [0.25, 0.3) is 12.2 Å². The summed E-state index contributed by atoms with van der Waals surface area (Å²) in [5, 5.41) is 2.77. The summed E-state index contributed by atoms with van der Waals surface area (Å²) in [6.45, 7) is 2.21. The number of rotatable bonds is 0. The van der Waals surface area contributed by atoms with E-state index in [0.717, 1.165) is 0 Å². The van der Waals surface area contributed by atoms with Crippen molar-refractivity contribution < 1.29 is 0 Å². The van der Waals surface area contributed by atoms with Gasteiger partial charge in [0.05, 0.1) is 0 Å². The predicted octanol–water partition coefficient (Wildman–Crippen LogP) is 0.897. The van der Waals surface area contributed by atoms with E-state index in [9.17, 15) is 0 Å².